The molecule has 0 bridgehead atoms. The van der Waals surface area contributed by atoms with Crippen molar-refractivity contribution in [2.45, 2.75) is 25.4 Å². The fourth-order valence-corrected chi connectivity index (χ4v) is 2.02. The first-order valence-corrected chi connectivity index (χ1v) is 6.15. The second-order valence-corrected chi connectivity index (χ2v) is 4.84. The molecule has 0 radical (unpaired) electrons. The Balaban J connectivity index is 2.35. The van der Waals surface area contributed by atoms with Crippen molar-refractivity contribution in [3.8, 4) is 5.75 Å². The van der Waals surface area contributed by atoms with Crippen LogP contribution in [-0.2, 0) is 4.74 Å². The largest absolute Gasteiger partial charge is 0.489 e. The van der Waals surface area contributed by atoms with Crippen LogP contribution in [0.4, 0.5) is 4.39 Å². The van der Waals surface area contributed by atoms with Crippen LogP contribution in [0.15, 0.2) is 16.6 Å². The summed E-state index contributed by atoms with van der Waals surface area (Å²) in [7, 11) is 1.22. The third-order valence-corrected chi connectivity index (χ3v) is 3.21. The van der Waals surface area contributed by atoms with Crippen molar-refractivity contribution in [1.29, 1.82) is 0 Å². The van der Waals surface area contributed by atoms with E-state index in [0.717, 1.165) is 19.3 Å². The van der Waals surface area contributed by atoms with Gasteiger partial charge in [-0.2, -0.15) is 0 Å². The lowest BCUT2D eigenvalue weighted by atomic mass is 9.96. The summed E-state index contributed by atoms with van der Waals surface area (Å²) in [4.78, 5) is 11.5. The van der Waals surface area contributed by atoms with Gasteiger partial charge in [-0.25, -0.2) is 9.18 Å². The lowest BCUT2D eigenvalue weighted by molar-refractivity contribution is 0.0579. The molecule has 0 N–H and O–H groups in total. The lowest BCUT2D eigenvalue weighted by Crippen LogP contribution is -2.25. The van der Waals surface area contributed by atoms with Gasteiger partial charge in [-0.15, -0.1) is 0 Å². The number of esters is 1. The number of ether oxygens (including phenoxy) is 2. The van der Waals surface area contributed by atoms with E-state index in [2.05, 4.69) is 20.7 Å². The van der Waals surface area contributed by atoms with Crippen molar-refractivity contribution in [2.75, 3.05) is 7.11 Å². The zero-order chi connectivity index (χ0) is 12.4. The predicted molar refractivity (Wildman–Crippen MR) is 63.7 cm³/mol. The third-order valence-electron chi connectivity index (χ3n) is 2.75. The summed E-state index contributed by atoms with van der Waals surface area (Å²) >= 11 is 3.18. The molecule has 3 nitrogen and oxygen atoms in total. The minimum atomic E-state index is -0.718. The molecule has 92 valence electrons. The van der Waals surface area contributed by atoms with Gasteiger partial charge < -0.3 is 9.47 Å². The van der Waals surface area contributed by atoms with Crippen LogP contribution >= 0.6 is 15.9 Å². The highest BCUT2D eigenvalue weighted by molar-refractivity contribution is 9.10. The summed E-state index contributed by atoms with van der Waals surface area (Å²) in [5.74, 6) is -1.11. The molecule has 5 heteroatoms. The Hall–Kier alpha value is -1.10. The quantitative estimate of drug-likeness (QED) is 0.804. The Labute approximate surface area is 107 Å². The van der Waals surface area contributed by atoms with Gasteiger partial charge in [0.15, 0.2) is 0 Å². The fraction of sp³-hybridized carbons (Fsp3) is 0.417. The number of halogens is 2. The number of benzene rings is 1. The summed E-state index contributed by atoms with van der Waals surface area (Å²) in [6.45, 7) is 0. The Morgan fingerprint density at radius 3 is 2.71 bits per heavy atom. The zero-order valence-corrected chi connectivity index (χ0v) is 10.9. The van der Waals surface area contributed by atoms with E-state index in [4.69, 9.17) is 4.74 Å². The highest BCUT2D eigenvalue weighted by Gasteiger charge is 2.25. The van der Waals surface area contributed by atoms with Crippen molar-refractivity contribution in [1.82, 2.24) is 0 Å². The van der Waals surface area contributed by atoms with Crippen molar-refractivity contribution in [2.24, 2.45) is 0 Å². The van der Waals surface area contributed by atoms with Crippen molar-refractivity contribution in [3.63, 3.8) is 0 Å². The smallest absolute Gasteiger partial charge is 0.344 e. The van der Waals surface area contributed by atoms with E-state index in [1.54, 1.807) is 6.07 Å². The molecule has 1 aliphatic rings. The van der Waals surface area contributed by atoms with Gasteiger partial charge in [-0.3, -0.25) is 0 Å². The molecule has 0 aliphatic heterocycles. The molecule has 2 rings (SSSR count). The van der Waals surface area contributed by atoms with Gasteiger partial charge >= 0.3 is 5.97 Å². The molecule has 0 unspecified atom stereocenters. The van der Waals surface area contributed by atoms with Gasteiger partial charge in [0.2, 0.25) is 0 Å². The van der Waals surface area contributed by atoms with Crippen LogP contribution in [0.3, 0.4) is 0 Å². The van der Waals surface area contributed by atoms with Crippen LogP contribution in [0.2, 0.25) is 0 Å². The number of rotatable bonds is 3. The minimum Gasteiger partial charge on any atom is -0.489 e. The molecule has 0 amide bonds. The molecule has 0 aromatic heterocycles. The van der Waals surface area contributed by atoms with Crippen LogP contribution in [0, 0.1) is 5.82 Å². The first kappa shape index (κ1) is 12.4. The first-order chi connectivity index (χ1) is 8.11. The first-order valence-electron chi connectivity index (χ1n) is 5.36. The number of carbonyl (C=O) groups is 1. The minimum absolute atomic E-state index is 0.0760. The van der Waals surface area contributed by atoms with Crippen LogP contribution in [0.25, 0.3) is 0 Å². The van der Waals surface area contributed by atoms with Gasteiger partial charge in [0, 0.05) is 4.47 Å². The molecule has 1 saturated carbocycles. The van der Waals surface area contributed by atoms with E-state index >= 15 is 0 Å². The average Bonchev–Trinajstić information content (AvgIpc) is 2.22. The third kappa shape index (κ3) is 2.60. The molecule has 0 spiro atoms. The standard InChI is InChI=1S/C12H12BrFO3/c1-16-12(15)11-9(14)5-7(13)6-10(11)17-8-3-2-4-8/h5-6,8H,2-4H2,1H3. The highest BCUT2D eigenvalue weighted by atomic mass is 79.9. The van der Waals surface area contributed by atoms with E-state index < -0.39 is 11.8 Å². The molecular formula is C12H12BrFO3. The molecule has 17 heavy (non-hydrogen) atoms. The molecule has 0 atom stereocenters. The van der Waals surface area contributed by atoms with E-state index in [-0.39, 0.29) is 17.4 Å². The summed E-state index contributed by atoms with van der Waals surface area (Å²) < 4.78 is 24.4. The van der Waals surface area contributed by atoms with Crippen molar-refractivity contribution >= 4 is 21.9 Å². The summed E-state index contributed by atoms with van der Waals surface area (Å²) in [5, 5.41) is 0. The summed E-state index contributed by atoms with van der Waals surface area (Å²) in [5.41, 5.74) is -0.136. The SMILES string of the molecule is COC(=O)c1c(F)cc(Br)cc1OC1CCC1. The lowest BCUT2D eigenvalue weighted by Gasteiger charge is -2.27. The molecule has 1 fully saturated rings. The van der Waals surface area contributed by atoms with E-state index in [1.165, 1.54) is 13.2 Å². The van der Waals surface area contributed by atoms with Crippen LogP contribution < -0.4 is 4.74 Å². The number of methoxy groups -OCH3 is 1. The summed E-state index contributed by atoms with van der Waals surface area (Å²) in [6, 6.07) is 2.81. The maximum atomic E-state index is 13.7. The van der Waals surface area contributed by atoms with E-state index in [1.807, 2.05) is 0 Å². The fourth-order valence-electron chi connectivity index (χ4n) is 1.61. The Morgan fingerprint density at radius 2 is 2.18 bits per heavy atom. The normalized spacial score (nSPS) is 15.2. The average molecular weight is 303 g/mol. The number of hydrogen-bond acceptors (Lipinski definition) is 3. The van der Waals surface area contributed by atoms with Gasteiger partial charge in [0.25, 0.3) is 0 Å². The molecule has 1 aromatic carbocycles. The van der Waals surface area contributed by atoms with Crippen molar-refractivity contribution < 1.29 is 18.7 Å². The van der Waals surface area contributed by atoms with Gasteiger partial charge in [0.05, 0.1) is 13.2 Å². The van der Waals surface area contributed by atoms with E-state index in [9.17, 15) is 9.18 Å². The van der Waals surface area contributed by atoms with Gasteiger partial charge in [0.1, 0.15) is 17.1 Å². The van der Waals surface area contributed by atoms with Gasteiger partial charge in [-0.1, -0.05) is 15.9 Å². The van der Waals surface area contributed by atoms with Crippen LogP contribution in [0.5, 0.6) is 5.75 Å². The maximum absolute atomic E-state index is 13.7. The van der Waals surface area contributed by atoms with Crippen molar-refractivity contribution in [3.05, 3.63) is 28.0 Å². The van der Waals surface area contributed by atoms with Gasteiger partial charge in [-0.05, 0) is 31.4 Å². The molecule has 1 aliphatic carbocycles. The maximum Gasteiger partial charge on any atom is 0.344 e. The number of carbonyl (C=O) groups excluding carboxylic acids is 1. The summed E-state index contributed by atoms with van der Waals surface area (Å²) in [6.07, 6.45) is 3.06. The van der Waals surface area contributed by atoms with Crippen LogP contribution in [-0.4, -0.2) is 19.2 Å². The second kappa shape index (κ2) is 5.04. The predicted octanol–water partition coefficient (Wildman–Crippen LogP) is 3.31. The Bertz CT molecular complexity index is 444. The second-order valence-electron chi connectivity index (χ2n) is 3.92. The number of hydrogen-bond donors (Lipinski definition) is 0. The molecular weight excluding hydrogens is 291 g/mol. The molecule has 0 saturated heterocycles. The molecule has 0 heterocycles. The Morgan fingerprint density at radius 1 is 1.47 bits per heavy atom. The van der Waals surface area contributed by atoms with E-state index in [0.29, 0.717) is 4.47 Å². The highest BCUT2D eigenvalue weighted by Crippen LogP contribution is 2.32. The topological polar surface area (TPSA) is 35.5 Å². The zero-order valence-electron chi connectivity index (χ0n) is 9.33. The monoisotopic (exact) mass is 302 g/mol. The Kier molecular flexibility index (Phi) is 3.66. The molecule has 1 aromatic rings. The van der Waals surface area contributed by atoms with Crippen LogP contribution in [0.1, 0.15) is 29.6 Å².